The molecule has 0 fully saturated rings. The highest BCUT2D eigenvalue weighted by Crippen LogP contribution is 2.36. The van der Waals surface area contributed by atoms with E-state index in [1.165, 1.54) is 0 Å². The molecule has 2 rings (SSSR count). The first kappa shape index (κ1) is 19.9. The third-order valence-corrected chi connectivity index (χ3v) is 3.94. The first-order chi connectivity index (χ1) is 11.3. The maximum absolute atomic E-state index is 12.7. The van der Waals surface area contributed by atoms with Crippen LogP contribution in [-0.2, 0) is 6.18 Å². The highest BCUT2D eigenvalue weighted by Gasteiger charge is 2.37. The van der Waals surface area contributed by atoms with Crippen molar-refractivity contribution in [1.82, 2.24) is 9.55 Å². The van der Waals surface area contributed by atoms with Gasteiger partial charge in [0.25, 0.3) is 5.56 Å². The summed E-state index contributed by atoms with van der Waals surface area (Å²) in [5.74, 6) is -0.766. The maximum Gasteiger partial charge on any atom is 0.573 e. The summed E-state index contributed by atoms with van der Waals surface area (Å²) in [7, 11) is 0. The Balaban J connectivity index is 2.61. The van der Waals surface area contributed by atoms with Crippen LogP contribution in [0.2, 0.25) is 10.0 Å². The van der Waals surface area contributed by atoms with Gasteiger partial charge in [0.05, 0.1) is 15.7 Å². The maximum atomic E-state index is 12.7. The Morgan fingerprint density at radius 3 is 2.04 bits per heavy atom. The Morgan fingerprint density at radius 1 is 1.08 bits per heavy atom. The molecule has 0 saturated carbocycles. The zero-order chi connectivity index (χ0) is 19.2. The van der Waals surface area contributed by atoms with Gasteiger partial charge in [0, 0.05) is 12.1 Å². The van der Waals surface area contributed by atoms with Crippen LogP contribution >= 0.6 is 39.1 Å². The molecule has 0 aliphatic heterocycles. The van der Waals surface area contributed by atoms with Gasteiger partial charge in [-0.15, -0.1) is 13.2 Å². The van der Waals surface area contributed by atoms with Crippen molar-refractivity contribution >= 4 is 39.1 Å². The average Bonchev–Trinajstić information content (AvgIpc) is 2.39. The third kappa shape index (κ3) is 4.39. The molecule has 13 heteroatoms. The van der Waals surface area contributed by atoms with Crippen molar-refractivity contribution < 1.29 is 31.1 Å². The van der Waals surface area contributed by atoms with E-state index in [9.17, 15) is 31.1 Å². The van der Waals surface area contributed by atoms with Gasteiger partial charge in [-0.25, -0.2) is 4.98 Å². The highest BCUT2D eigenvalue weighted by atomic mass is 79.9. The molecule has 2 aromatic rings. The Bertz CT molecular complexity index is 858. The van der Waals surface area contributed by atoms with E-state index in [2.05, 4.69) is 25.7 Å². The Morgan fingerprint density at radius 2 is 1.60 bits per heavy atom. The third-order valence-electron chi connectivity index (χ3n) is 2.65. The van der Waals surface area contributed by atoms with Gasteiger partial charge in [0.15, 0.2) is 5.69 Å². The van der Waals surface area contributed by atoms with Crippen LogP contribution in [0.25, 0.3) is 5.69 Å². The quantitative estimate of drug-likeness (QED) is 0.564. The predicted molar refractivity (Wildman–Crippen MR) is 79.2 cm³/mol. The van der Waals surface area contributed by atoms with Crippen molar-refractivity contribution in [3.63, 3.8) is 0 Å². The van der Waals surface area contributed by atoms with E-state index in [0.717, 1.165) is 0 Å². The summed E-state index contributed by atoms with van der Waals surface area (Å²) in [5.41, 5.74) is -3.04. The molecule has 1 heterocycles. The van der Waals surface area contributed by atoms with E-state index in [1.807, 2.05) is 0 Å². The molecule has 0 spiro atoms. The van der Waals surface area contributed by atoms with Crippen LogP contribution in [0.4, 0.5) is 26.3 Å². The van der Waals surface area contributed by atoms with Gasteiger partial charge < -0.3 is 4.74 Å². The molecule has 0 aliphatic rings. The zero-order valence-electron chi connectivity index (χ0n) is 11.3. The fourth-order valence-corrected chi connectivity index (χ4v) is 2.92. The summed E-state index contributed by atoms with van der Waals surface area (Å²) in [6.45, 7) is 0. The minimum atomic E-state index is -5.01. The van der Waals surface area contributed by atoms with Gasteiger partial charge in [-0.2, -0.15) is 13.2 Å². The molecule has 0 saturated heterocycles. The monoisotopic (exact) mass is 470 g/mol. The molecule has 0 bridgehead atoms. The molecule has 0 atom stereocenters. The largest absolute Gasteiger partial charge is 0.573 e. The van der Waals surface area contributed by atoms with E-state index >= 15 is 0 Å². The average molecular weight is 472 g/mol. The van der Waals surface area contributed by atoms with E-state index < -0.39 is 44.1 Å². The lowest BCUT2D eigenvalue weighted by molar-refractivity contribution is -0.274. The summed E-state index contributed by atoms with van der Waals surface area (Å²) in [6, 6.07) is 1.41. The molecular formula is C12H3BrCl2F6N2O2. The Labute approximate surface area is 153 Å². The molecule has 0 N–H and O–H groups in total. The normalized spacial score (nSPS) is 12.4. The number of hydrogen-bond donors (Lipinski definition) is 0. The van der Waals surface area contributed by atoms with E-state index in [1.54, 1.807) is 0 Å². The number of ether oxygens (including phenoxy) is 1. The van der Waals surface area contributed by atoms with Gasteiger partial charge in [-0.3, -0.25) is 9.36 Å². The van der Waals surface area contributed by atoms with Crippen LogP contribution in [0.15, 0.2) is 27.7 Å². The molecule has 136 valence electrons. The van der Waals surface area contributed by atoms with Gasteiger partial charge in [0.2, 0.25) is 0 Å². The lowest BCUT2D eigenvalue weighted by atomic mass is 10.3. The number of halogens is 9. The summed E-state index contributed by atoms with van der Waals surface area (Å²) >= 11 is 14.1. The summed E-state index contributed by atoms with van der Waals surface area (Å²) in [4.78, 5) is 15.2. The second-order valence-electron chi connectivity index (χ2n) is 4.36. The molecule has 0 amide bonds. The molecular weight excluding hydrogens is 469 g/mol. The number of aromatic nitrogens is 2. The number of hydrogen-bond acceptors (Lipinski definition) is 3. The van der Waals surface area contributed by atoms with Crippen molar-refractivity contribution in [2.24, 2.45) is 0 Å². The van der Waals surface area contributed by atoms with Crippen LogP contribution in [0.3, 0.4) is 0 Å². The van der Waals surface area contributed by atoms with Crippen molar-refractivity contribution in [3.05, 3.63) is 49.0 Å². The second-order valence-corrected chi connectivity index (χ2v) is 5.97. The molecule has 4 nitrogen and oxygen atoms in total. The van der Waals surface area contributed by atoms with Crippen molar-refractivity contribution in [1.29, 1.82) is 0 Å². The number of rotatable bonds is 2. The Hall–Kier alpha value is -1.46. The molecule has 0 aliphatic carbocycles. The second kappa shape index (κ2) is 6.69. The van der Waals surface area contributed by atoms with Crippen LogP contribution < -0.4 is 10.3 Å². The van der Waals surface area contributed by atoms with Crippen molar-refractivity contribution in [2.45, 2.75) is 12.5 Å². The first-order valence-corrected chi connectivity index (χ1v) is 7.45. The van der Waals surface area contributed by atoms with E-state index in [4.69, 9.17) is 23.2 Å². The topological polar surface area (TPSA) is 44.1 Å². The van der Waals surface area contributed by atoms with Gasteiger partial charge in [-0.05, 0) is 15.9 Å². The first-order valence-electron chi connectivity index (χ1n) is 5.91. The fourth-order valence-electron chi connectivity index (χ4n) is 1.75. The van der Waals surface area contributed by atoms with Crippen LogP contribution in [0.1, 0.15) is 5.69 Å². The standard InChI is InChI=1S/C12H3BrCl2F6N2O2/c13-7-9(11(16,17)18)22-3-23(10(7)24)8-5(14)1-4(2-6(8)15)25-12(19,20)21/h1-3H. The zero-order valence-corrected chi connectivity index (χ0v) is 14.4. The van der Waals surface area contributed by atoms with Crippen LogP contribution in [-0.4, -0.2) is 15.9 Å². The Kier molecular flexibility index (Phi) is 5.31. The smallest absolute Gasteiger partial charge is 0.406 e. The number of benzene rings is 1. The SMILES string of the molecule is O=c1c(Br)c(C(F)(F)F)ncn1-c1c(Cl)cc(OC(F)(F)F)cc1Cl. The van der Waals surface area contributed by atoms with Crippen molar-refractivity contribution in [2.75, 3.05) is 0 Å². The molecule has 25 heavy (non-hydrogen) atoms. The molecule has 1 aromatic carbocycles. The fraction of sp³-hybridized carbons (Fsp3) is 0.167. The van der Waals surface area contributed by atoms with Gasteiger partial charge in [-0.1, -0.05) is 23.2 Å². The molecule has 0 unspecified atom stereocenters. The predicted octanol–water partition coefficient (Wildman–Crippen LogP) is 5.22. The number of alkyl halides is 6. The summed E-state index contributed by atoms with van der Waals surface area (Å²) in [6.07, 6.45) is -9.40. The number of nitrogens with zero attached hydrogens (tertiary/aromatic N) is 2. The lowest BCUT2D eigenvalue weighted by Crippen LogP contribution is -2.25. The van der Waals surface area contributed by atoms with Gasteiger partial charge in [0.1, 0.15) is 16.5 Å². The summed E-state index contributed by atoms with van der Waals surface area (Å²) in [5, 5.41) is -0.940. The van der Waals surface area contributed by atoms with E-state index in [0.29, 0.717) is 23.0 Å². The van der Waals surface area contributed by atoms with Crippen LogP contribution in [0.5, 0.6) is 5.75 Å². The van der Waals surface area contributed by atoms with Crippen molar-refractivity contribution in [3.8, 4) is 11.4 Å². The highest BCUT2D eigenvalue weighted by molar-refractivity contribution is 9.10. The van der Waals surface area contributed by atoms with Gasteiger partial charge >= 0.3 is 12.5 Å². The minimum absolute atomic E-state index is 0.357. The molecule has 0 radical (unpaired) electrons. The summed E-state index contributed by atoms with van der Waals surface area (Å²) < 4.78 is 78.1. The van der Waals surface area contributed by atoms with E-state index in [-0.39, 0.29) is 5.69 Å². The minimum Gasteiger partial charge on any atom is -0.406 e. The molecule has 1 aromatic heterocycles. The van der Waals surface area contributed by atoms with Crippen LogP contribution in [0, 0.1) is 0 Å². The lowest BCUT2D eigenvalue weighted by Gasteiger charge is -2.15.